The normalized spacial score (nSPS) is 14.9. The Balaban J connectivity index is 4.70. The van der Waals surface area contributed by atoms with Crippen LogP contribution in [0.15, 0.2) is 0 Å². The third kappa shape index (κ3) is 5.33. The van der Waals surface area contributed by atoms with E-state index in [0.717, 1.165) is 19.4 Å². The summed E-state index contributed by atoms with van der Waals surface area (Å²) in [5.74, 6) is -0.379. The van der Waals surface area contributed by atoms with Gasteiger partial charge in [0, 0.05) is 26.2 Å². The lowest BCUT2D eigenvalue weighted by Crippen LogP contribution is -2.56. The average molecular weight is 260 g/mol. The maximum absolute atomic E-state index is 11.6. The fourth-order valence-electron chi connectivity index (χ4n) is 2.12. The van der Waals surface area contributed by atoms with Crippen molar-refractivity contribution in [2.24, 2.45) is 5.73 Å². The van der Waals surface area contributed by atoms with Gasteiger partial charge in [0.2, 0.25) is 0 Å². The van der Waals surface area contributed by atoms with Crippen molar-refractivity contribution in [1.82, 2.24) is 4.90 Å². The van der Waals surface area contributed by atoms with Crippen molar-refractivity contribution in [1.29, 1.82) is 0 Å². The number of ether oxygens (including phenoxy) is 2. The van der Waals surface area contributed by atoms with Crippen molar-refractivity contribution in [3.63, 3.8) is 0 Å². The Morgan fingerprint density at radius 2 is 1.89 bits per heavy atom. The molecule has 1 atom stereocenters. The third-order valence-electron chi connectivity index (χ3n) is 3.22. The van der Waals surface area contributed by atoms with Gasteiger partial charge in [0.1, 0.15) is 5.54 Å². The van der Waals surface area contributed by atoms with Crippen LogP contribution in [0.4, 0.5) is 0 Å². The van der Waals surface area contributed by atoms with Crippen LogP contribution in [0.1, 0.15) is 33.6 Å². The molecule has 108 valence electrons. The van der Waals surface area contributed by atoms with Crippen LogP contribution in [0.5, 0.6) is 0 Å². The molecule has 0 aliphatic rings. The monoisotopic (exact) mass is 260 g/mol. The van der Waals surface area contributed by atoms with Crippen LogP contribution in [0, 0.1) is 0 Å². The molecule has 0 saturated carbocycles. The van der Waals surface area contributed by atoms with Crippen molar-refractivity contribution in [3.05, 3.63) is 0 Å². The van der Waals surface area contributed by atoms with Gasteiger partial charge in [-0.1, -0.05) is 13.8 Å². The van der Waals surface area contributed by atoms with Crippen LogP contribution >= 0.6 is 0 Å². The molecule has 5 nitrogen and oxygen atoms in total. The number of nitrogens with zero attached hydrogens (tertiary/aromatic N) is 1. The summed E-state index contributed by atoms with van der Waals surface area (Å²) in [6, 6.07) is 0.410. The summed E-state index contributed by atoms with van der Waals surface area (Å²) in [6.45, 7) is 7.87. The van der Waals surface area contributed by atoms with E-state index in [4.69, 9.17) is 15.2 Å². The zero-order chi connectivity index (χ0) is 14.2. The van der Waals surface area contributed by atoms with Crippen molar-refractivity contribution < 1.29 is 14.3 Å². The summed E-state index contributed by atoms with van der Waals surface area (Å²) >= 11 is 0. The summed E-state index contributed by atoms with van der Waals surface area (Å²) in [4.78, 5) is 13.8. The number of rotatable bonds is 9. The van der Waals surface area contributed by atoms with E-state index in [2.05, 4.69) is 18.7 Å². The molecule has 0 spiro atoms. The Kier molecular flexibility index (Phi) is 8.15. The van der Waals surface area contributed by atoms with E-state index in [0.29, 0.717) is 19.2 Å². The first-order valence-electron chi connectivity index (χ1n) is 6.53. The van der Waals surface area contributed by atoms with Crippen LogP contribution in [0.2, 0.25) is 0 Å². The fraction of sp³-hybridized carbons (Fsp3) is 0.923. The highest BCUT2D eigenvalue weighted by Crippen LogP contribution is 2.13. The molecule has 0 amide bonds. The van der Waals surface area contributed by atoms with Gasteiger partial charge in [0.15, 0.2) is 0 Å². The van der Waals surface area contributed by atoms with Gasteiger partial charge in [-0.2, -0.15) is 0 Å². The number of nitrogens with two attached hydrogens (primary N) is 1. The van der Waals surface area contributed by atoms with E-state index in [1.807, 2.05) is 0 Å². The molecule has 0 radical (unpaired) electrons. The Morgan fingerprint density at radius 1 is 1.33 bits per heavy atom. The second-order valence-electron chi connectivity index (χ2n) is 4.84. The van der Waals surface area contributed by atoms with Crippen LogP contribution in [0.3, 0.4) is 0 Å². The third-order valence-corrected chi connectivity index (χ3v) is 3.22. The number of carbonyl (C=O) groups excluding carboxylic acids is 1. The second-order valence-corrected chi connectivity index (χ2v) is 4.84. The largest absolute Gasteiger partial charge is 0.468 e. The number of esters is 1. The molecule has 0 aromatic rings. The van der Waals surface area contributed by atoms with Crippen molar-refractivity contribution in [2.75, 3.05) is 33.9 Å². The fourth-order valence-corrected chi connectivity index (χ4v) is 2.12. The van der Waals surface area contributed by atoms with Crippen LogP contribution in [-0.4, -0.2) is 56.4 Å². The van der Waals surface area contributed by atoms with E-state index in [-0.39, 0.29) is 5.97 Å². The first-order chi connectivity index (χ1) is 8.42. The Labute approximate surface area is 111 Å². The summed E-state index contributed by atoms with van der Waals surface area (Å²) in [7, 11) is 3.04. The predicted octanol–water partition coefficient (Wildman–Crippen LogP) is 1.01. The molecular weight excluding hydrogens is 232 g/mol. The molecule has 18 heavy (non-hydrogen) atoms. The predicted molar refractivity (Wildman–Crippen MR) is 72.4 cm³/mol. The molecule has 5 heteroatoms. The Morgan fingerprint density at radius 3 is 2.28 bits per heavy atom. The summed E-state index contributed by atoms with van der Waals surface area (Å²) < 4.78 is 9.86. The molecule has 1 unspecified atom stereocenters. The van der Waals surface area contributed by atoms with Crippen LogP contribution in [0.25, 0.3) is 0 Å². The molecule has 0 aliphatic heterocycles. The number of hydrogen-bond donors (Lipinski definition) is 1. The Hall–Kier alpha value is -0.650. The van der Waals surface area contributed by atoms with E-state index in [1.54, 1.807) is 14.0 Å². The van der Waals surface area contributed by atoms with Crippen molar-refractivity contribution in [2.45, 2.75) is 45.2 Å². The highest BCUT2D eigenvalue weighted by molar-refractivity contribution is 5.80. The minimum absolute atomic E-state index is 0.379. The summed E-state index contributed by atoms with van der Waals surface area (Å²) in [6.07, 6.45) is 2.05. The maximum Gasteiger partial charge on any atom is 0.326 e. The van der Waals surface area contributed by atoms with Gasteiger partial charge < -0.3 is 15.2 Å². The SMILES string of the molecule is CCC(CC)N(CCOC)CC(C)(N)C(=O)OC. The van der Waals surface area contributed by atoms with Gasteiger partial charge in [0.05, 0.1) is 13.7 Å². The number of carbonyl (C=O) groups is 1. The van der Waals surface area contributed by atoms with E-state index in [9.17, 15) is 4.79 Å². The molecule has 2 N–H and O–H groups in total. The number of hydrogen-bond acceptors (Lipinski definition) is 5. The molecule has 0 aromatic carbocycles. The molecule has 0 aliphatic carbocycles. The molecule has 0 fully saturated rings. The summed E-state index contributed by atoms with van der Waals surface area (Å²) in [5, 5.41) is 0. The Bertz CT molecular complexity index is 240. The van der Waals surface area contributed by atoms with E-state index in [1.165, 1.54) is 7.11 Å². The first kappa shape index (κ1) is 17.4. The van der Waals surface area contributed by atoms with E-state index < -0.39 is 5.54 Å². The molecular formula is C13H28N2O3. The average Bonchev–Trinajstić information content (AvgIpc) is 2.35. The molecule has 0 aromatic heterocycles. The zero-order valence-corrected chi connectivity index (χ0v) is 12.4. The number of methoxy groups -OCH3 is 2. The lowest BCUT2D eigenvalue weighted by atomic mass is 10.0. The van der Waals surface area contributed by atoms with Gasteiger partial charge >= 0.3 is 5.97 Å². The van der Waals surface area contributed by atoms with E-state index >= 15 is 0 Å². The topological polar surface area (TPSA) is 64.8 Å². The van der Waals surface area contributed by atoms with Crippen molar-refractivity contribution in [3.8, 4) is 0 Å². The van der Waals surface area contributed by atoms with Crippen LogP contribution in [-0.2, 0) is 14.3 Å². The zero-order valence-electron chi connectivity index (χ0n) is 12.4. The van der Waals surface area contributed by atoms with Gasteiger partial charge in [-0.25, -0.2) is 0 Å². The standard InChI is InChI=1S/C13H28N2O3/c1-6-11(7-2)15(8-9-17-4)10-13(3,14)12(16)18-5/h11H,6-10,14H2,1-5H3. The van der Waals surface area contributed by atoms with Gasteiger partial charge in [0.25, 0.3) is 0 Å². The molecule has 0 bridgehead atoms. The minimum atomic E-state index is -0.981. The first-order valence-corrected chi connectivity index (χ1v) is 6.53. The lowest BCUT2D eigenvalue weighted by Gasteiger charge is -2.35. The molecule has 0 saturated heterocycles. The smallest absolute Gasteiger partial charge is 0.326 e. The second kappa shape index (κ2) is 8.45. The highest BCUT2D eigenvalue weighted by Gasteiger charge is 2.33. The molecule has 0 heterocycles. The highest BCUT2D eigenvalue weighted by atomic mass is 16.5. The van der Waals surface area contributed by atoms with Gasteiger partial charge in [-0.3, -0.25) is 9.69 Å². The van der Waals surface area contributed by atoms with Gasteiger partial charge in [-0.15, -0.1) is 0 Å². The molecule has 0 rings (SSSR count). The van der Waals surface area contributed by atoms with Gasteiger partial charge in [-0.05, 0) is 19.8 Å². The quantitative estimate of drug-likeness (QED) is 0.627. The van der Waals surface area contributed by atoms with Crippen molar-refractivity contribution >= 4 is 5.97 Å². The lowest BCUT2D eigenvalue weighted by molar-refractivity contribution is -0.147. The maximum atomic E-state index is 11.6. The van der Waals surface area contributed by atoms with Crippen LogP contribution < -0.4 is 5.73 Å². The minimum Gasteiger partial charge on any atom is -0.468 e. The summed E-state index contributed by atoms with van der Waals surface area (Å²) in [5.41, 5.74) is 5.05.